The molecule has 3 aromatic rings. The van der Waals surface area contributed by atoms with Crippen LogP contribution in [-0.4, -0.2) is 15.0 Å². The van der Waals surface area contributed by atoms with Crippen LogP contribution >= 0.6 is 0 Å². The lowest BCUT2D eigenvalue weighted by Gasteiger charge is -2.19. The maximum absolute atomic E-state index is 11.8. The second-order valence-electron chi connectivity index (χ2n) is 6.74. The predicted molar refractivity (Wildman–Crippen MR) is 103 cm³/mol. The lowest BCUT2D eigenvalue weighted by atomic mass is 10.0. The van der Waals surface area contributed by atoms with E-state index in [1.165, 1.54) is 24.5 Å². The average Bonchev–Trinajstić information content (AvgIpc) is 3.52. The molecule has 26 heavy (non-hydrogen) atoms. The van der Waals surface area contributed by atoms with Crippen molar-refractivity contribution in [3.05, 3.63) is 76.3 Å². The van der Waals surface area contributed by atoms with Crippen LogP contribution in [0, 0.1) is 5.92 Å². The molecule has 5 nitrogen and oxygen atoms in total. The standard InChI is InChI=1S/C21H22N4O/c1-2-17-12-19(26)25-21(23-17)16-10-11-18(22-13-16)24-20(15-8-9-15)14-6-4-3-5-7-14/h3-7,10-13,15,20H,2,8-9H2,1H3,(H,22,24)(H,23,25,26). The van der Waals surface area contributed by atoms with Crippen molar-refractivity contribution >= 4 is 5.82 Å². The normalized spacial score (nSPS) is 14.8. The van der Waals surface area contributed by atoms with Gasteiger partial charge in [-0.25, -0.2) is 9.97 Å². The van der Waals surface area contributed by atoms with Gasteiger partial charge in [0.2, 0.25) is 0 Å². The molecule has 1 aromatic carbocycles. The summed E-state index contributed by atoms with van der Waals surface area (Å²) in [5.41, 5.74) is 2.75. The predicted octanol–water partition coefficient (Wildman–Crippen LogP) is 3.96. The molecule has 0 amide bonds. The van der Waals surface area contributed by atoms with E-state index in [0.29, 0.717) is 11.7 Å². The topological polar surface area (TPSA) is 70.7 Å². The van der Waals surface area contributed by atoms with E-state index in [9.17, 15) is 4.79 Å². The van der Waals surface area contributed by atoms with Crippen molar-refractivity contribution in [3.63, 3.8) is 0 Å². The van der Waals surface area contributed by atoms with Crippen LogP contribution < -0.4 is 10.9 Å². The Morgan fingerprint density at radius 1 is 1.19 bits per heavy atom. The summed E-state index contributed by atoms with van der Waals surface area (Å²) in [6.45, 7) is 1.98. The molecule has 132 valence electrons. The van der Waals surface area contributed by atoms with E-state index in [0.717, 1.165) is 23.5 Å². The highest BCUT2D eigenvalue weighted by molar-refractivity contribution is 5.56. The molecule has 0 saturated heterocycles. The van der Waals surface area contributed by atoms with Crippen LogP contribution in [0.1, 0.15) is 37.1 Å². The van der Waals surface area contributed by atoms with Gasteiger partial charge in [-0.2, -0.15) is 0 Å². The van der Waals surface area contributed by atoms with Crippen molar-refractivity contribution in [2.24, 2.45) is 5.92 Å². The monoisotopic (exact) mass is 346 g/mol. The molecule has 2 heterocycles. The minimum Gasteiger partial charge on any atom is -0.363 e. The Kier molecular flexibility index (Phi) is 4.52. The summed E-state index contributed by atoms with van der Waals surface area (Å²) in [6.07, 6.45) is 4.98. The second kappa shape index (κ2) is 7.12. The van der Waals surface area contributed by atoms with Gasteiger partial charge in [-0.05, 0) is 42.9 Å². The number of aromatic amines is 1. The first kappa shape index (κ1) is 16.5. The number of aromatic nitrogens is 3. The first-order valence-corrected chi connectivity index (χ1v) is 9.11. The fourth-order valence-electron chi connectivity index (χ4n) is 3.17. The third-order valence-corrected chi connectivity index (χ3v) is 4.75. The SMILES string of the molecule is CCc1cc(=O)[nH]c(-c2ccc(NC(c3ccccc3)C3CC3)nc2)n1. The average molecular weight is 346 g/mol. The van der Waals surface area contributed by atoms with Gasteiger partial charge in [0, 0.05) is 23.5 Å². The van der Waals surface area contributed by atoms with Crippen molar-refractivity contribution < 1.29 is 0 Å². The largest absolute Gasteiger partial charge is 0.363 e. The lowest BCUT2D eigenvalue weighted by Crippen LogP contribution is -2.14. The summed E-state index contributed by atoms with van der Waals surface area (Å²) in [7, 11) is 0. The van der Waals surface area contributed by atoms with Gasteiger partial charge < -0.3 is 10.3 Å². The fraction of sp³-hybridized carbons (Fsp3) is 0.286. The molecule has 2 aromatic heterocycles. The van der Waals surface area contributed by atoms with E-state index in [-0.39, 0.29) is 11.6 Å². The maximum Gasteiger partial charge on any atom is 0.251 e. The summed E-state index contributed by atoms with van der Waals surface area (Å²) >= 11 is 0. The minimum absolute atomic E-state index is 0.132. The molecule has 1 aliphatic rings. The highest BCUT2D eigenvalue weighted by atomic mass is 16.1. The number of benzene rings is 1. The molecule has 1 fully saturated rings. The van der Waals surface area contributed by atoms with Crippen LogP contribution in [0.4, 0.5) is 5.82 Å². The van der Waals surface area contributed by atoms with Gasteiger partial charge >= 0.3 is 0 Å². The second-order valence-corrected chi connectivity index (χ2v) is 6.74. The molecule has 1 unspecified atom stereocenters. The van der Waals surface area contributed by atoms with Gasteiger partial charge in [-0.1, -0.05) is 37.3 Å². The van der Waals surface area contributed by atoms with E-state index in [4.69, 9.17) is 0 Å². The first-order chi connectivity index (χ1) is 12.7. The van der Waals surface area contributed by atoms with Crippen LogP contribution in [0.15, 0.2) is 59.5 Å². The lowest BCUT2D eigenvalue weighted by molar-refractivity contribution is 0.675. The first-order valence-electron chi connectivity index (χ1n) is 9.11. The van der Waals surface area contributed by atoms with Crippen LogP contribution in [0.5, 0.6) is 0 Å². The van der Waals surface area contributed by atoms with Gasteiger partial charge in [0.1, 0.15) is 11.6 Å². The van der Waals surface area contributed by atoms with Crippen molar-refractivity contribution in [3.8, 4) is 11.4 Å². The van der Waals surface area contributed by atoms with Crippen molar-refractivity contribution in [1.29, 1.82) is 0 Å². The highest BCUT2D eigenvalue weighted by Gasteiger charge is 2.32. The Labute approximate surface area is 152 Å². The van der Waals surface area contributed by atoms with Crippen molar-refractivity contribution in [1.82, 2.24) is 15.0 Å². The molecule has 5 heteroatoms. The Morgan fingerprint density at radius 2 is 2.00 bits per heavy atom. The number of hydrogen-bond acceptors (Lipinski definition) is 4. The maximum atomic E-state index is 11.8. The molecule has 0 radical (unpaired) electrons. The number of nitrogens with one attached hydrogen (secondary N) is 2. The summed E-state index contributed by atoms with van der Waals surface area (Å²) in [4.78, 5) is 23.6. The fourth-order valence-corrected chi connectivity index (χ4v) is 3.17. The van der Waals surface area contributed by atoms with Gasteiger partial charge in [-0.15, -0.1) is 0 Å². The zero-order valence-electron chi connectivity index (χ0n) is 14.8. The van der Waals surface area contributed by atoms with Crippen molar-refractivity contribution in [2.75, 3.05) is 5.32 Å². The number of nitrogens with zero attached hydrogens (tertiary/aromatic N) is 2. The zero-order chi connectivity index (χ0) is 17.9. The number of aryl methyl sites for hydroxylation is 1. The number of anilines is 1. The van der Waals surface area contributed by atoms with E-state index in [1.54, 1.807) is 6.20 Å². The summed E-state index contributed by atoms with van der Waals surface area (Å²) in [5.74, 6) is 2.07. The van der Waals surface area contributed by atoms with Gasteiger partial charge in [0.15, 0.2) is 0 Å². The number of pyridine rings is 1. The Hall–Kier alpha value is -2.95. The van der Waals surface area contributed by atoms with Gasteiger partial charge in [0.25, 0.3) is 5.56 Å². The molecule has 4 rings (SSSR count). The Balaban J connectivity index is 1.56. The number of hydrogen-bond donors (Lipinski definition) is 2. The number of rotatable bonds is 6. The van der Waals surface area contributed by atoms with E-state index >= 15 is 0 Å². The smallest absolute Gasteiger partial charge is 0.251 e. The molecule has 0 spiro atoms. The molecule has 1 atom stereocenters. The molecule has 0 aliphatic heterocycles. The van der Waals surface area contributed by atoms with Crippen LogP contribution in [0.3, 0.4) is 0 Å². The zero-order valence-corrected chi connectivity index (χ0v) is 14.8. The summed E-state index contributed by atoms with van der Waals surface area (Å²) in [6, 6.07) is 16.2. The van der Waals surface area contributed by atoms with E-state index in [2.05, 4.69) is 44.5 Å². The molecule has 2 N–H and O–H groups in total. The minimum atomic E-state index is -0.132. The molecular weight excluding hydrogens is 324 g/mol. The molecular formula is C21H22N4O. The molecule has 0 bridgehead atoms. The summed E-state index contributed by atoms with van der Waals surface area (Å²) in [5, 5.41) is 3.57. The Bertz CT molecular complexity index is 930. The van der Waals surface area contributed by atoms with Gasteiger partial charge in [0.05, 0.1) is 6.04 Å². The highest BCUT2D eigenvalue weighted by Crippen LogP contribution is 2.42. The quantitative estimate of drug-likeness (QED) is 0.709. The van der Waals surface area contributed by atoms with Crippen LogP contribution in [0.2, 0.25) is 0 Å². The third-order valence-electron chi connectivity index (χ3n) is 4.75. The van der Waals surface area contributed by atoms with Gasteiger partial charge in [-0.3, -0.25) is 4.79 Å². The van der Waals surface area contributed by atoms with E-state index < -0.39 is 0 Å². The Morgan fingerprint density at radius 3 is 2.65 bits per heavy atom. The molecule has 1 aliphatic carbocycles. The van der Waals surface area contributed by atoms with E-state index in [1.807, 2.05) is 25.1 Å². The number of H-pyrrole nitrogens is 1. The van der Waals surface area contributed by atoms with Crippen LogP contribution in [-0.2, 0) is 6.42 Å². The van der Waals surface area contributed by atoms with Crippen molar-refractivity contribution in [2.45, 2.75) is 32.2 Å². The third kappa shape index (κ3) is 3.67. The molecule has 1 saturated carbocycles. The van der Waals surface area contributed by atoms with Crippen LogP contribution in [0.25, 0.3) is 11.4 Å². The summed E-state index contributed by atoms with van der Waals surface area (Å²) < 4.78 is 0.